The highest BCUT2D eigenvalue weighted by molar-refractivity contribution is 7.18. The number of hydrogen-bond acceptors (Lipinski definition) is 4. The van der Waals surface area contributed by atoms with Crippen LogP contribution in [0.2, 0.25) is 0 Å². The minimum absolute atomic E-state index is 0.713. The van der Waals surface area contributed by atoms with Crippen molar-refractivity contribution in [2.75, 3.05) is 26.7 Å². The van der Waals surface area contributed by atoms with Gasteiger partial charge < -0.3 is 4.90 Å². The lowest BCUT2D eigenvalue weighted by Crippen LogP contribution is -2.50. The van der Waals surface area contributed by atoms with Gasteiger partial charge in [-0.3, -0.25) is 4.99 Å². The van der Waals surface area contributed by atoms with Crippen LogP contribution in [0.3, 0.4) is 0 Å². The fraction of sp³-hybridized carbons (Fsp3) is 0.619. The van der Waals surface area contributed by atoms with Crippen LogP contribution < -0.4 is 0 Å². The maximum Gasteiger partial charge on any atom is 0.0969 e. The molecule has 1 saturated heterocycles. The summed E-state index contributed by atoms with van der Waals surface area (Å²) in [5.74, 6) is 3.35. The van der Waals surface area contributed by atoms with Crippen LogP contribution in [0.4, 0.5) is 0 Å². The second-order valence-electron chi connectivity index (χ2n) is 8.58. The van der Waals surface area contributed by atoms with Gasteiger partial charge in [0.1, 0.15) is 0 Å². The zero-order valence-electron chi connectivity index (χ0n) is 15.2. The van der Waals surface area contributed by atoms with Crippen LogP contribution >= 0.6 is 11.3 Å². The van der Waals surface area contributed by atoms with E-state index in [1.165, 1.54) is 58.9 Å². The molecule has 2 aliphatic heterocycles. The molecule has 0 amide bonds. The lowest BCUT2D eigenvalue weighted by atomic mass is 9.66. The zero-order chi connectivity index (χ0) is 17.0. The summed E-state index contributed by atoms with van der Waals surface area (Å²) in [5.41, 5.74) is 3.76. The quantitative estimate of drug-likeness (QED) is 0.808. The minimum atomic E-state index is 0.713. The molecule has 0 unspecified atom stereocenters. The van der Waals surface area contributed by atoms with Crippen molar-refractivity contribution < 1.29 is 0 Å². The first-order valence-corrected chi connectivity index (χ1v) is 10.6. The Bertz CT molecular complexity index is 812. The number of thiazole rings is 1. The van der Waals surface area contributed by atoms with Gasteiger partial charge in [-0.25, -0.2) is 4.98 Å². The molecule has 132 valence electrons. The lowest BCUT2D eigenvalue weighted by Gasteiger charge is -2.47. The maximum atomic E-state index is 5.01. The van der Waals surface area contributed by atoms with E-state index in [9.17, 15) is 0 Å². The Morgan fingerprint density at radius 3 is 2.72 bits per heavy atom. The number of nitrogens with zero attached hydrogens (tertiary/aromatic N) is 3. The molecule has 4 heteroatoms. The largest absolute Gasteiger partial charge is 0.306 e. The Balaban J connectivity index is 1.31. The molecular weight excluding hydrogens is 326 g/mol. The van der Waals surface area contributed by atoms with E-state index in [4.69, 9.17) is 9.98 Å². The lowest BCUT2D eigenvalue weighted by molar-refractivity contribution is 0.0358. The van der Waals surface area contributed by atoms with Gasteiger partial charge in [0.2, 0.25) is 0 Å². The van der Waals surface area contributed by atoms with Gasteiger partial charge in [-0.2, -0.15) is 0 Å². The predicted molar refractivity (Wildman–Crippen MR) is 106 cm³/mol. The van der Waals surface area contributed by atoms with Crippen LogP contribution in [0.5, 0.6) is 0 Å². The van der Waals surface area contributed by atoms with Gasteiger partial charge in [0.15, 0.2) is 0 Å². The molecule has 1 atom stereocenters. The van der Waals surface area contributed by atoms with Crippen molar-refractivity contribution in [2.24, 2.45) is 22.7 Å². The number of likely N-dealkylation sites (tertiary alicyclic amines) is 1. The van der Waals surface area contributed by atoms with Gasteiger partial charge in [0.05, 0.1) is 15.2 Å². The van der Waals surface area contributed by atoms with Crippen molar-refractivity contribution in [3.05, 3.63) is 28.8 Å². The smallest absolute Gasteiger partial charge is 0.0969 e. The Kier molecular flexibility index (Phi) is 3.94. The zero-order valence-corrected chi connectivity index (χ0v) is 16.1. The third kappa shape index (κ3) is 2.93. The highest BCUT2D eigenvalue weighted by Crippen LogP contribution is 2.48. The molecule has 3 aliphatic rings. The number of aliphatic imine (C=N–C) groups is 1. The highest BCUT2D eigenvalue weighted by Gasteiger charge is 2.41. The van der Waals surface area contributed by atoms with Crippen molar-refractivity contribution in [3.63, 3.8) is 0 Å². The summed E-state index contributed by atoms with van der Waals surface area (Å²) in [4.78, 5) is 12.2. The van der Waals surface area contributed by atoms with Gasteiger partial charge in [-0.05, 0) is 68.2 Å². The fourth-order valence-electron chi connectivity index (χ4n) is 4.65. The van der Waals surface area contributed by atoms with E-state index < -0.39 is 0 Å². The molecule has 1 aromatic carbocycles. The SMILES string of the molecule is C[C@H]1CCC(c2ccc3sc(C4CC(C5CN(C)C5)C4)nc3c2)=NC1. The normalized spacial score (nSPS) is 30.8. The molecule has 0 spiro atoms. The highest BCUT2D eigenvalue weighted by atomic mass is 32.1. The van der Waals surface area contributed by atoms with Gasteiger partial charge >= 0.3 is 0 Å². The molecule has 1 aromatic heterocycles. The van der Waals surface area contributed by atoms with Crippen molar-refractivity contribution in [1.82, 2.24) is 9.88 Å². The molecule has 1 aliphatic carbocycles. The van der Waals surface area contributed by atoms with Crippen LogP contribution in [0.1, 0.15) is 49.1 Å². The van der Waals surface area contributed by atoms with Crippen molar-refractivity contribution >= 4 is 27.3 Å². The summed E-state index contributed by atoms with van der Waals surface area (Å²) < 4.78 is 1.34. The van der Waals surface area contributed by atoms with E-state index in [2.05, 4.69) is 37.1 Å². The number of rotatable bonds is 3. The van der Waals surface area contributed by atoms with Gasteiger partial charge in [0.25, 0.3) is 0 Å². The molecule has 0 N–H and O–H groups in total. The summed E-state index contributed by atoms with van der Waals surface area (Å²) in [6, 6.07) is 6.80. The van der Waals surface area contributed by atoms with Crippen LogP contribution in [-0.4, -0.2) is 42.3 Å². The average Bonchev–Trinajstić information content (AvgIpc) is 2.95. The molecule has 2 fully saturated rings. The summed E-state index contributed by atoms with van der Waals surface area (Å²) in [6.07, 6.45) is 5.09. The molecule has 3 nitrogen and oxygen atoms in total. The average molecular weight is 354 g/mol. The Labute approximate surface area is 154 Å². The Morgan fingerprint density at radius 1 is 1.16 bits per heavy atom. The topological polar surface area (TPSA) is 28.5 Å². The van der Waals surface area contributed by atoms with Gasteiger partial charge in [-0.1, -0.05) is 13.0 Å². The second-order valence-corrected chi connectivity index (χ2v) is 9.64. The van der Waals surface area contributed by atoms with Gasteiger partial charge in [-0.15, -0.1) is 11.3 Å². The monoisotopic (exact) mass is 353 g/mol. The molecule has 0 bridgehead atoms. The van der Waals surface area contributed by atoms with E-state index in [1.54, 1.807) is 0 Å². The molecule has 5 rings (SSSR count). The Hall–Kier alpha value is -1.26. The van der Waals surface area contributed by atoms with Crippen LogP contribution in [0, 0.1) is 17.8 Å². The summed E-state index contributed by atoms with van der Waals surface area (Å²) in [6.45, 7) is 5.89. The van der Waals surface area contributed by atoms with Crippen LogP contribution in [-0.2, 0) is 0 Å². The third-order valence-corrected chi connectivity index (χ3v) is 7.69. The fourth-order valence-corrected chi connectivity index (χ4v) is 5.72. The number of fused-ring (bicyclic) bond motifs is 1. The first-order chi connectivity index (χ1) is 12.2. The van der Waals surface area contributed by atoms with Crippen LogP contribution in [0.15, 0.2) is 23.2 Å². The van der Waals surface area contributed by atoms with Crippen molar-refractivity contribution in [1.29, 1.82) is 0 Å². The second kappa shape index (κ2) is 6.17. The molecule has 3 heterocycles. The standard InChI is InChI=1S/C21H27N3S/c1-13-3-5-18(22-10-13)14-4-6-20-19(9-14)23-21(25-20)16-7-15(8-16)17-11-24(2)12-17/h4,6,9,13,15-17H,3,5,7-8,10-12H2,1-2H3/t13-,15?,16?/m0/s1. The van der Waals surface area contributed by atoms with E-state index in [0.29, 0.717) is 5.92 Å². The first-order valence-electron chi connectivity index (χ1n) is 9.78. The molecular formula is C21H27N3S. The number of benzene rings is 1. The van der Waals surface area contributed by atoms with E-state index in [1.807, 2.05) is 11.3 Å². The van der Waals surface area contributed by atoms with E-state index in [0.717, 1.165) is 30.7 Å². The molecule has 1 saturated carbocycles. The summed E-state index contributed by atoms with van der Waals surface area (Å²) in [5, 5.41) is 1.37. The van der Waals surface area contributed by atoms with Crippen molar-refractivity contribution in [2.45, 2.75) is 38.5 Å². The molecule has 25 heavy (non-hydrogen) atoms. The van der Waals surface area contributed by atoms with E-state index in [-0.39, 0.29) is 0 Å². The summed E-state index contributed by atoms with van der Waals surface area (Å²) in [7, 11) is 2.23. The van der Waals surface area contributed by atoms with Crippen molar-refractivity contribution in [3.8, 4) is 0 Å². The molecule has 2 aromatic rings. The first kappa shape index (κ1) is 16.0. The molecule has 0 radical (unpaired) electrons. The van der Waals surface area contributed by atoms with Crippen LogP contribution in [0.25, 0.3) is 10.2 Å². The van der Waals surface area contributed by atoms with E-state index >= 15 is 0 Å². The summed E-state index contributed by atoms with van der Waals surface area (Å²) >= 11 is 1.92. The third-order valence-electron chi connectivity index (χ3n) is 6.49. The predicted octanol–water partition coefficient (Wildman–Crippen LogP) is 4.57. The maximum absolute atomic E-state index is 5.01. The Morgan fingerprint density at radius 2 is 2.00 bits per heavy atom. The minimum Gasteiger partial charge on any atom is -0.306 e. The number of aromatic nitrogens is 1. The number of hydrogen-bond donors (Lipinski definition) is 0. The van der Waals surface area contributed by atoms with Gasteiger partial charge in [0, 0.05) is 31.3 Å².